The molecule has 1 aliphatic heterocycles. The zero-order valence-corrected chi connectivity index (χ0v) is 14.6. The van der Waals surface area contributed by atoms with Gasteiger partial charge in [-0.25, -0.2) is 0 Å². The number of anilines is 1. The predicted octanol–water partition coefficient (Wildman–Crippen LogP) is 2.66. The summed E-state index contributed by atoms with van der Waals surface area (Å²) in [6, 6.07) is 8.96. The van der Waals surface area contributed by atoms with Crippen LogP contribution in [0.5, 0.6) is 5.75 Å². The molecule has 1 aromatic heterocycles. The maximum absolute atomic E-state index is 13.0. The molecule has 1 aliphatic rings. The van der Waals surface area contributed by atoms with Gasteiger partial charge in [0.25, 0.3) is 11.8 Å². The van der Waals surface area contributed by atoms with E-state index in [1.54, 1.807) is 49.6 Å². The summed E-state index contributed by atoms with van der Waals surface area (Å²) < 4.78 is 5.41. The summed E-state index contributed by atoms with van der Waals surface area (Å²) in [5, 5.41) is 0. The third-order valence-electron chi connectivity index (χ3n) is 4.54. The number of carbonyl (C=O) groups excluding carboxylic acids is 2. The van der Waals surface area contributed by atoms with E-state index in [0.717, 1.165) is 12.0 Å². The Balaban J connectivity index is 1.89. The van der Waals surface area contributed by atoms with E-state index in [9.17, 15) is 9.59 Å². The number of pyridine rings is 1. The molecule has 2 aromatic rings. The first-order chi connectivity index (χ1) is 12.0. The second-order valence-electron chi connectivity index (χ2n) is 6.05. The fraction of sp³-hybridized carbons (Fsp3) is 0.316. The quantitative estimate of drug-likeness (QED) is 0.859. The summed E-state index contributed by atoms with van der Waals surface area (Å²) in [5.74, 6) is 0.373. The SMILES string of the molecule is CC[C@@H](c1cccnc1)N(C)C(=O)c1ccc2c(c1)N(C)C(=O)CO2. The third-order valence-corrected chi connectivity index (χ3v) is 4.54. The number of ether oxygens (including phenoxy) is 1. The lowest BCUT2D eigenvalue weighted by Gasteiger charge is -2.29. The van der Waals surface area contributed by atoms with Crippen LogP contribution in [-0.4, -0.2) is 42.4 Å². The molecule has 2 amide bonds. The van der Waals surface area contributed by atoms with E-state index in [1.165, 1.54) is 4.90 Å². The van der Waals surface area contributed by atoms with Gasteiger partial charge in [0.15, 0.2) is 6.61 Å². The van der Waals surface area contributed by atoms with Gasteiger partial charge < -0.3 is 14.5 Å². The standard InChI is InChI=1S/C19H21N3O3/c1-4-15(14-6-5-9-20-11-14)22(3)19(24)13-7-8-17-16(10-13)21(2)18(23)12-25-17/h5-11,15H,4,12H2,1-3H3/t15-/m0/s1. The van der Waals surface area contributed by atoms with Crippen LogP contribution in [0.15, 0.2) is 42.7 Å². The van der Waals surface area contributed by atoms with E-state index < -0.39 is 0 Å². The molecule has 0 aliphatic carbocycles. The number of benzene rings is 1. The fourth-order valence-electron chi connectivity index (χ4n) is 3.06. The lowest BCUT2D eigenvalue weighted by Crippen LogP contribution is -2.36. The van der Waals surface area contributed by atoms with Gasteiger partial charge >= 0.3 is 0 Å². The highest BCUT2D eigenvalue weighted by Crippen LogP contribution is 2.33. The van der Waals surface area contributed by atoms with Gasteiger partial charge in [0.05, 0.1) is 11.7 Å². The first kappa shape index (κ1) is 17.0. The number of carbonyl (C=O) groups is 2. The van der Waals surface area contributed by atoms with Crippen LogP contribution in [-0.2, 0) is 4.79 Å². The Labute approximate surface area is 147 Å². The number of likely N-dealkylation sites (N-methyl/N-ethyl adjacent to an activating group) is 1. The van der Waals surface area contributed by atoms with E-state index in [4.69, 9.17) is 4.74 Å². The second kappa shape index (κ2) is 6.93. The van der Waals surface area contributed by atoms with Gasteiger partial charge in [0, 0.05) is 32.1 Å². The lowest BCUT2D eigenvalue weighted by molar-refractivity contribution is -0.120. The van der Waals surface area contributed by atoms with Gasteiger partial charge in [-0.1, -0.05) is 13.0 Å². The van der Waals surface area contributed by atoms with Gasteiger partial charge in [-0.15, -0.1) is 0 Å². The van der Waals surface area contributed by atoms with E-state index >= 15 is 0 Å². The topological polar surface area (TPSA) is 62.7 Å². The zero-order valence-electron chi connectivity index (χ0n) is 14.6. The predicted molar refractivity (Wildman–Crippen MR) is 94.7 cm³/mol. The molecule has 130 valence electrons. The molecule has 6 heteroatoms. The van der Waals surface area contributed by atoms with Crippen LogP contribution in [0.3, 0.4) is 0 Å². The first-order valence-corrected chi connectivity index (χ1v) is 8.23. The van der Waals surface area contributed by atoms with E-state index in [1.807, 2.05) is 19.1 Å². The Morgan fingerprint density at radius 1 is 1.40 bits per heavy atom. The van der Waals surface area contributed by atoms with Crippen molar-refractivity contribution in [3.63, 3.8) is 0 Å². The molecule has 0 spiro atoms. The molecule has 0 N–H and O–H groups in total. The van der Waals surface area contributed by atoms with Crippen LogP contribution in [0.4, 0.5) is 5.69 Å². The number of rotatable bonds is 4. The van der Waals surface area contributed by atoms with Gasteiger partial charge in [0.1, 0.15) is 5.75 Å². The normalized spacial score (nSPS) is 14.5. The number of nitrogens with zero attached hydrogens (tertiary/aromatic N) is 3. The Morgan fingerprint density at radius 3 is 2.88 bits per heavy atom. The molecule has 1 atom stereocenters. The van der Waals surface area contributed by atoms with Crippen LogP contribution in [0.25, 0.3) is 0 Å². The first-order valence-electron chi connectivity index (χ1n) is 8.23. The van der Waals surface area contributed by atoms with E-state index in [-0.39, 0.29) is 24.5 Å². The third kappa shape index (κ3) is 3.20. The van der Waals surface area contributed by atoms with Crippen LogP contribution in [0, 0.1) is 0 Å². The van der Waals surface area contributed by atoms with Crippen LogP contribution < -0.4 is 9.64 Å². The molecular weight excluding hydrogens is 318 g/mol. The maximum atomic E-state index is 13.0. The Kier molecular flexibility index (Phi) is 4.70. The summed E-state index contributed by atoms with van der Waals surface area (Å²) in [7, 11) is 3.47. The van der Waals surface area contributed by atoms with Gasteiger partial charge in [0.2, 0.25) is 0 Å². The van der Waals surface area contributed by atoms with Crippen molar-refractivity contribution in [3.05, 3.63) is 53.9 Å². The minimum Gasteiger partial charge on any atom is -0.482 e. The highest BCUT2D eigenvalue weighted by Gasteiger charge is 2.26. The molecule has 0 radical (unpaired) electrons. The molecule has 0 bridgehead atoms. The number of hydrogen-bond acceptors (Lipinski definition) is 4. The summed E-state index contributed by atoms with van der Waals surface area (Å²) >= 11 is 0. The molecule has 25 heavy (non-hydrogen) atoms. The Bertz CT molecular complexity index is 792. The van der Waals surface area contributed by atoms with Crippen molar-refractivity contribution < 1.29 is 14.3 Å². The molecule has 0 saturated heterocycles. The molecular formula is C19H21N3O3. The van der Waals surface area contributed by atoms with Crippen molar-refractivity contribution in [2.24, 2.45) is 0 Å². The number of fused-ring (bicyclic) bond motifs is 1. The Morgan fingerprint density at radius 2 is 2.20 bits per heavy atom. The van der Waals surface area contributed by atoms with Crippen molar-refractivity contribution in [1.29, 1.82) is 0 Å². The van der Waals surface area contributed by atoms with Gasteiger partial charge in [-0.05, 0) is 36.2 Å². The Hall–Kier alpha value is -2.89. The average Bonchev–Trinajstić information content (AvgIpc) is 2.65. The van der Waals surface area contributed by atoms with Crippen molar-refractivity contribution in [2.75, 3.05) is 25.6 Å². The molecule has 1 aromatic carbocycles. The highest BCUT2D eigenvalue weighted by molar-refractivity contribution is 6.01. The van der Waals surface area contributed by atoms with Gasteiger partial charge in [-0.3, -0.25) is 14.6 Å². The number of aromatic nitrogens is 1. The maximum Gasteiger partial charge on any atom is 0.264 e. The van der Waals surface area contributed by atoms with Crippen molar-refractivity contribution in [3.8, 4) is 5.75 Å². The number of hydrogen-bond donors (Lipinski definition) is 0. The smallest absolute Gasteiger partial charge is 0.264 e. The van der Waals surface area contributed by atoms with Crippen molar-refractivity contribution in [2.45, 2.75) is 19.4 Å². The minimum absolute atomic E-state index is 0.0234. The molecule has 0 fully saturated rings. The largest absolute Gasteiger partial charge is 0.482 e. The highest BCUT2D eigenvalue weighted by atomic mass is 16.5. The van der Waals surface area contributed by atoms with Crippen LogP contribution in [0.2, 0.25) is 0 Å². The second-order valence-corrected chi connectivity index (χ2v) is 6.05. The fourth-order valence-corrected chi connectivity index (χ4v) is 3.06. The molecule has 3 rings (SSSR count). The molecule has 0 unspecified atom stereocenters. The minimum atomic E-state index is -0.132. The average molecular weight is 339 g/mol. The van der Waals surface area contributed by atoms with E-state index in [2.05, 4.69) is 4.98 Å². The van der Waals surface area contributed by atoms with Crippen molar-refractivity contribution >= 4 is 17.5 Å². The zero-order chi connectivity index (χ0) is 18.0. The van der Waals surface area contributed by atoms with E-state index in [0.29, 0.717) is 17.0 Å². The lowest BCUT2D eigenvalue weighted by atomic mass is 10.0. The van der Waals surface area contributed by atoms with Gasteiger partial charge in [-0.2, -0.15) is 0 Å². The summed E-state index contributed by atoms with van der Waals surface area (Å²) in [4.78, 5) is 32.1. The molecule has 0 saturated carbocycles. The van der Waals surface area contributed by atoms with Crippen molar-refractivity contribution in [1.82, 2.24) is 9.88 Å². The monoisotopic (exact) mass is 339 g/mol. The van der Waals surface area contributed by atoms with Crippen LogP contribution >= 0.6 is 0 Å². The van der Waals surface area contributed by atoms with Crippen LogP contribution in [0.1, 0.15) is 35.3 Å². The summed E-state index contributed by atoms with van der Waals surface area (Å²) in [6.07, 6.45) is 4.28. The summed E-state index contributed by atoms with van der Waals surface area (Å²) in [5.41, 5.74) is 2.13. The summed E-state index contributed by atoms with van der Waals surface area (Å²) in [6.45, 7) is 2.06. The number of amides is 2. The molecule has 2 heterocycles. The molecule has 6 nitrogen and oxygen atoms in total.